The fourth-order valence-electron chi connectivity index (χ4n) is 0.288. The molecular weight excluding hydrogens is 354 g/mol. The van der Waals surface area contributed by atoms with Gasteiger partial charge in [0.1, 0.15) is 6.54 Å². The normalized spacial score (nSPS) is 9.07. The monoisotopic (exact) mass is 369 g/mol. The second kappa shape index (κ2) is 9.63. The van der Waals surface area contributed by atoms with Crippen molar-refractivity contribution in [1.29, 1.82) is 5.41 Å². The summed E-state index contributed by atoms with van der Waals surface area (Å²) in [5.41, 5.74) is 4.93. The Balaban J connectivity index is -0.0000000533. The number of nitrogens with one attached hydrogen (secondary N) is 1. The van der Waals surface area contributed by atoms with E-state index in [-0.39, 0.29) is 64.2 Å². The fraction of sp³-hybridized carbons (Fsp3) is 0.500. The van der Waals surface area contributed by atoms with Crippen molar-refractivity contribution >= 4 is 68.6 Å². The number of rotatable bonds is 2. The first-order chi connectivity index (χ1) is 6.04. The van der Waals surface area contributed by atoms with E-state index in [1.54, 1.807) is 0 Å². The van der Waals surface area contributed by atoms with Crippen LogP contribution in [-0.2, 0) is 9.36 Å². The van der Waals surface area contributed by atoms with Gasteiger partial charge in [0.2, 0.25) is 0 Å². The number of carboxylic acid groups (broad SMARTS) is 1. The molecule has 0 unspecified atom stereocenters. The van der Waals surface area contributed by atoms with Gasteiger partial charge in [-0.15, -0.1) is 0 Å². The van der Waals surface area contributed by atoms with Crippen LogP contribution in [0, 0.1) is 5.41 Å². The third kappa shape index (κ3) is 31.4. The fourth-order valence-corrected chi connectivity index (χ4v) is 0.288. The Kier molecular flexibility index (Phi) is 13.4. The number of carboxylic acids is 1. The van der Waals surface area contributed by atoms with Gasteiger partial charge in [-0.3, -0.25) is 10.2 Å². The standard InChI is InChI=1S/C4H9N3O2.Ba.H3O4P.2H/c1-7(4(5)6)2-3(8)9;;1-5(2,3)4;;/h2H2,1H3,(H3,5,6)(H,8,9);;(H3,1,2,3,4);;/q;+2;;2*-1. The van der Waals surface area contributed by atoms with Crippen LogP contribution in [0.1, 0.15) is 2.85 Å². The molecular formula is C4H14BaN3O6P. The van der Waals surface area contributed by atoms with Crippen LogP contribution in [0.3, 0.4) is 0 Å². The Hall–Kier alpha value is 0.421. The Morgan fingerprint density at radius 1 is 1.53 bits per heavy atom. The van der Waals surface area contributed by atoms with Gasteiger partial charge in [-0.1, -0.05) is 0 Å². The summed E-state index contributed by atoms with van der Waals surface area (Å²) in [4.78, 5) is 32.6. The minimum atomic E-state index is -4.64. The molecule has 11 heteroatoms. The van der Waals surface area contributed by atoms with Crippen molar-refractivity contribution in [1.82, 2.24) is 4.90 Å². The maximum absolute atomic E-state index is 9.92. The van der Waals surface area contributed by atoms with Gasteiger partial charge in [0.25, 0.3) is 0 Å². The van der Waals surface area contributed by atoms with Gasteiger partial charge >= 0.3 is 62.7 Å². The number of aliphatic carboxylic acids is 1. The predicted molar refractivity (Wildman–Crippen MR) is 54.4 cm³/mol. The number of likely N-dealkylation sites (N-methyl/N-ethyl adjacent to an activating group) is 1. The topological polar surface area (TPSA) is 168 Å². The summed E-state index contributed by atoms with van der Waals surface area (Å²) in [6, 6.07) is 0. The molecule has 0 rings (SSSR count). The summed E-state index contributed by atoms with van der Waals surface area (Å²) in [6.45, 7) is -0.227. The zero-order valence-corrected chi connectivity index (χ0v) is 13.3. The summed E-state index contributed by atoms with van der Waals surface area (Å²) < 4.78 is 8.88. The molecule has 0 spiro atoms. The molecule has 0 saturated carbocycles. The number of hydrogen-bond acceptors (Lipinski definition) is 3. The second-order valence-electron chi connectivity index (χ2n) is 2.15. The van der Waals surface area contributed by atoms with Crippen molar-refractivity contribution in [3.05, 3.63) is 0 Å². The van der Waals surface area contributed by atoms with Crippen molar-refractivity contribution in [3.63, 3.8) is 0 Å². The molecule has 0 fully saturated rings. The zero-order chi connectivity index (χ0) is 11.9. The van der Waals surface area contributed by atoms with E-state index in [0.717, 1.165) is 4.90 Å². The zero-order valence-electron chi connectivity index (χ0n) is 9.99. The minimum Gasteiger partial charge on any atom is -1.00 e. The van der Waals surface area contributed by atoms with E-state index in [0.29, 0.717) is 0 Å². The van der Waals surface area contributed by atoms with E-state index in [9.17, 15) is 4.79 Å². The maximum atomic E-state index is 9.92. The molecule has 0 aromatic heterocycles. The number of carbonyl (C=O) groups is 1. The molecule has 0 aliphatic carbocycles. The Labute approximate surface area is 129 Å². The smallest absolute Gasteiger partial charge is 1.00 e. The quantitative estimate of drug-likeness (QED) is 0.138. The molecule has 88 valence electrons. The van der Waals surface area contributed by atoms with Crippen molar-refractivity contribution < 1.29 is 32.0 Å². The average molecular weight is 368 g/mol. The van der Waals surface area contributed by atoms with Gasteiger partial charge in [-0.2, -0.15) is 0 Å². The molecule has 0 bridgehead atoms. The van der Waals surface area contributed by atoms with Gasteiger partial charge in [0, 0.05) is 7.05 Å². The van der Waals surface area contributed by atoms with Crippen molar-refractivity contribution in [3.8, 4) is 0 Å². The summed E-state index contributed by atoms with van der Waals surface area (Å²) in [5.74, 6) is -1.23. The van der Waals surface area contributed by atoms with E-state index in [4.69, 9.17) is 35.5 Å². The van der Waals surface area contributed by atoms with Gasteiger partial charge in [-0.25, -0.2) is 4.57 Å². The molecule has 7 N–H and O–H groups in total. The first kappa shape index (κ1) is 20.8. The molecule has 0 saturated heterocycles. The first-order valence-electron chi connectivity index (χ1n) is 3.09. The van der Waals surface area contributed by atoms with Crippen LogP contribution >= 0.6 is 7.82 Å². The minimum absolute atomic E-state index is 0. The van der Waals surface area contributed by atoms with E-state index >= 15 is 0 Å². The van der Waals surface area contributed by atoms with Crippen LogP contribution < -0.4 is 5.73 Å². The molecule has 0 radical (unpaired) electrons. The van der Waals surface area contributed by atoms with E-state index in [2.05, 4.69) is 0 Å². The van der Waals surface area contributed by atoms with Crippen LogP contribution in [0.25, 0.3) is 0 Å². The van der Waals surface area contributed by atoms with Crippen molar-refractivity contribution in [2.24, 2.45) is 5.73 Å². The third-order valence-corrected chi connectivity index (χ3v) is 0.784. The number of guanidine groups is 1. The molecule has 0 aliphatic rings. The van der Waals surface area contributed by atoms with Crippen LogP contribution in [0.4, 0.5) is 0 Å². The SMILES string of the molecule is CN(CC(=O)O)C(=N)N.O=P(O)(O)O.[Ba+2].[H-].[H-]. The Morgan fingerprint density at radius 3 is 1.87 bits per heavy atom. The molecule has 0 heterocycles. The number of phosphoric acid groups is 1. The van der Waals surface area contributed by atoms with Crippen molar-refractivity contribution in [2.45, 2.75) is 0 Å². The largest absolute Gasteiger partial charge is 2.00 e. The Morgan fingerprint density at radius 2 is 1.80 bits per heavy atom. The van der Waals surface area contributed by atoms with Crippen LogP contribution in [0.2, 0.25) is 0 Å². The molecule has 0 aliphatic heterocycles. The molecule has 15 heavy (non-hydrogen) atoms. The van der Waals surface area contributed by atoms with E-state index in [1.165, 1.54) is 7.05 Å². The Bertz CT molecular complexity index is 255. The first-order valence-corrected chi connectivity index (χ1v) is 4.65. The third-order valence-electron chi connectivity index (χ3n) is 0.784. The second-order valence-corrected chi connectivity index (χ2v) is 3.17. The molecule has 0 aromatic rings. The van der Waals surface area contributed by atoms with Gasteiger partial charge < -0.3 is 33.3 Å². The summed E-state index contributed by atoms with van der Waals surface area (Å²) in [6.07, 6.45) is 0. The van der Waals surface area contributed by atoms with Crippen LogP contribution in [-0.4, -0.2) is 99.1 Å². The number of nitrogens with zero attached hydrogens (tertiary/aromatic N) is 1. The van der Waals surface area contributed by atoms with E-state index < -0.39 is 13.8 Å². The molecule has 0 aromatic carbocycles. The maximum Gasteiger partial charge on any atom is 2.00 e. The van der Waals surface area contributed by atoms with Crippen LogP contribution in [0.15, 0.2) is 0 Å². The molecule has 9 nitrogen and oxygen atoms in total. The molecule has 0 amide bonds. The van der Waals surface area contributed by atoms with Gasteiger partial charge in [0.15, 0.2) is 5.96 Å². The van der Waals surface area contributed by atoms with Crippen molar-refractivity contribution in [2.75, 3.05) is 13.6 Å². The van der Waals surface area contributed by atoms with Gasteiger partial charge in [0.05, 0.1) is 0 Å². The average Bonchev–Trinajstić information content (AvgIpc) is 1.80. The van der Waals surface area contributed by atoms with E-state index in [1.807, 2.05) is 0 Å². The number of hydrogen-bond donors (Lipinski definition) is 6. The summed E-state index contributed by atoms with van der Waals surface area (Å²) in [7, 11) is -3.20. The predicted octanol–water partition coefficient (Wildman–Crippen LogP) is -2.19. The summed E-state index contributed by atoms with van der Waals surface area (Å²) >= 11 is 0. The summed E-state index contributed by atoms with van der Waals surface area (Å²) in [5, 5.41) is 14.9. The van der Waals surface area contributed by atoms with Gasteiger partial charge in [-0.05, 0) is 0 Å². The van der Waals surface area contributed by atoms with Crippen LogP contribution in [0.5, 0.6) is 0 Å². The molecule has 0 atom stereocenters. The number of nitrogens with two attached hydrogens (primary N) is 1.